The van der Waals surface area contributed by atoms with E-state index in [9.17, 15) is 10.2 Å². The Morgan fingerprint density at radius 1 is 1.22 bits per heavy atom. The summed E-state index contributed by atoms with van der Waals surface area (Å²) in [6, 6.07) is 10.2. The van der Waals surface area contributed by atoms with E-state index >= 15 is 0 Å². The van der Waals surface area contributed by atoms with Gasteiger partial charge in [-0.05, 0) is 48.0 Å². The summed E-state index contributed by atoms with van der Waals surface area (Å²) >= 11 is 0. The SMILES string of the molecule is CC1(C)[C@H]2CC[C@@]1(C)[C@@H](OCC[C@H](O)CN(CCO)Cc1ccccc1)C2. The quantitative estimate of drug-likeness (QED) is 0.658. The van der Waals surface area contributed by atoms with Gasteiger partial charge >= 0.3 is 0 Å². The van der Waals surface area contributed by atoms with Gasteiger partial charge in [-0.25, -0.2) is 0 Å². The van der Waals surface area contributed by atoms with Crippen molar-refractivity contribution >= 4 is 0 Å². The first kappa shape index (κ1) is 20.8. The monoisotopic (exact) mass is 375 g/mol. The molecule has 4 nitrogen and oxygen atoms in total. The minimum Gasteiger partial charge on any atom is -0.395 e. The molecule has 2 aliphatic carbocycles. The van der Waals surface area contributed by atoms with Crippen LogP contribution in [0, 0.1) is 16.7 Å². The van der Waals surface area contributed by atoms with E-state index in [4.69, 9.17) is 4.74 Å². The Labute approximate surface area is 164 Å². The first-order valence-electron chi connectivity index (χ1n) is 10.5. The molecule has 0 saturated heterocycles. The molecule has 152 valence electrons. The molecule has 2 aliphatic rings. The van der Waals surface area contributed by atoms with Gasteiger partial charge in [0.1, 0.15) is 0 Å². The second-order valence-corrected chi connectivity index (χ2v) is 9.36. The first-order valence-corrected chi connectivity index (χ1v) is 10.5. The molecular formula is C23H37NO3. The van der Waals surface area contributed by atoms with Crippen LogP contribution in [-0.4, -0.2) is 53.6 Å². The zero-order valence-corrected chi connectivity index (χ0v) is 17.2. The molecule has 0 radical (unpaired) electrons. The Kier molecular flexibility index (Phi) is 6.62. The fourth-order valence-electron chi connectivity index (χ4n) is 5.34. The largest absolute Gasteiger partial charge is 0.395 e. The Morgan fingerprint density at radius 2 is 1.96 bits per heavy atom. The summed E-state index contributed by atoms with van der Waals surface area (Å²) in [5.74, 6) is 0.781. The van der Waals surface area contributed by atoms with Gasteiger partial charge in [0.05, 0.1) is 18.8 Å². The Balaban J connectivity index is 1.44. The van der Waals surface area contributed by atoms with Crippen molar-refractivity contribution in [3.63, 3.8) is 0 Å². The second-order valence-electron chi connectivity index (χ2n) is 9.36. The topological polar surface area (TPSA) is 52.9 Å². The van der Waals surface area contributed by atoms with E-state index in [1.54, 1.807) is 0 Å². The molecule has 3 rings (SSSR count). The van der Waals surface area contributed by atoms with E-state index in [1.165, 1.54) is 24.8 Å². The minimum atomic E-state index is -0.431. The molecule has 0 spiro atoms. The van der Waals surface area contributed by atoms with Crippen molar-refractivity contribution in [3.05, 3.63) is 35.9 Å². The summed E-state index contributed by atoms with van der Waals surface area (Å²) in [7, 11) is 0. The van der Waals surface area contributed by atoms with Gasteiger partial charge in [0.2, 0.25) is 0 Å². The maximum Gasteiger partial charge on any atom is 0.0689 e. The maximum absolute atomic E-state index is 10.5. The van der Waals surface area contributed by atoms with E-state index < -0.39 is 6.10 Å². The van der Waals surface area contributed by atoms with Crippen LogP contribution >= 0.6 is 0 Å². The van der Waals surface area contributed by atoms with Crippen LogP contribution < -0.4 is 0 Å². The first-order chi connectivity index (χ1) is 12.9. The Hall–Kier alpha value is -0.940. The number of benzene rings is 1. The van der Waals surface area contributed by atoms with Gasteiger partial charge in [0, 0.05) is 26.2 Å². The van der Waals surface area contributed by atoms with Gasteiger partial charge in [0.15, 0.2) is 0 Å². The van der Waals surface area contributed by atoms with E-state index in [1.807, 2.05) is 18.2 Å². The number of hydrogen-bond acceptors (Lipinski definition) is 4. The molecule has 1 aromatic rings. The Bertz CT molecular complexity index is 591. The van der Waals surface area contributed by atoms with Crippen LogP contribution in [0.15, 0.2) is 30.3 Å². The average molecular weight is 376 g/mol. The lowest BCUT2D eigenvalue weighted by Crippen LogP contribution is -2.38. The smallest absolute Gasteiger partial charge is 0.0689 e. The van der Waals surface area contributed by atoms with E-state index in [-0.39, 0.29) is 12.0 Å². The molecule has 0 unspecified atom stereocenters. The standard InChI is InChI=1S/C23H37NO3/c1-22(2)19-9-11-23(22,3)21(15-19)27-14-10-20(26)17-24(12-13-25)16-18-7-5-4-6-8-18/h4-8,19-21,25-26H,9-17H2,1-3H3/t19-,20-,21-,23-/m0/s1. The van der Waals surface area contributed by atoms with Crippen LogP contribution in [0.4, 0.5) is 0 Å². The van der Waals surface area contributed by atoms with Crippen molar-refractivity contribution in [3.8, 4) is 0 Å². The van der Waals surface area contributed by atoms with Gasteiger partial charge in [0.25, 0.3) is 0 Å². The average Bonchev–Trinajstić information content (AvgIpc) is 2.96. The van der Waals surface area contributed by atoms with E-state index in [0.717, 1.165) is 12.5 Å². The van der Waals surface area contributed by atoms with Crippen molar-refractivity contribution in [2.45, 2.75) is 65.2 Å². The summed E-state index contributed by atoms with van der Waals surface area (Å²) in [6.07, 6.45) is 4.32. The third-order valence-corrected chi connectivity index (χ3v) is 7.62. The summed E-state index contributed by atoms with van der Waals surface area (Å²) in [5, 5.41) is 19.8. The highest BCUT2D eigenvalue weighted by Crippen LogP contribution is 2.66. The summed E-state index contributed by atoms with van der Waals surface area (Å²) in [4.78, 5) is 2.11. The molecule has 2 fully saturated rings. The van der Waals surface area contributed by atoms with Crippen molar-refractivity contribution < 1.29 is 14.9 Å². The molecule has 0 amide bonds. The lowest BCUT2D eigenvalue weighted by Gasteiger charge is -2.39. The lowest BCUT2D eigenvalue weighted by atomic mass is 9.70. The molecule has 2 bridgehead atoms. The number of nitrogens with zero attached hydrogens (tertiary/aromatic N) is 1. The maximum atomic E-state index is 10.5. The summed E-state index contributed by atoms with van der Waals surface area (Å²) < 4.78 is 6.28. The van der Waals surface area contributed by atoms with Gasteiger partial charge in [-0.2, -0.15) is 0 Å². The van der Waals surface area contributed by atoms with Crippen LogP contribution in [-0.2, 0) is 11.3 Å². The molecule has 4 heteroatoms. The minimum absolute atomic E-state index is 0.104. The number of fused-ring (bicyclic) bond motifs is 2. The third kappa shape index (κ3) is 4.40. The molecule has 0 aliphatic heterocycles. The predicted molar refractivity (Wildman–Crippen MR) is 108 cm³/mol. The number of ether oxygens (including phenoxy) is 1. The highest BCUT2D eigenvalue weighted by Gasteiger charge is 2.61. The molecule has 2 saturated carbocycles. The molecular weight excluding hydrogens is 338 g/mol. The van der Waals surface area contributed by atoms with E-state index in [2.05, 4.69) is 37.8 Å². The van der Waals surface area contributed by atoms with Crippen molar-refractivity contribution in [1.29, 1.82) is 0 Å². The van der Waals surface area contributed by atoms with Gasteiger partial charge in [-0.1, -0.05) is 51.1 Å². The molecule has 4 atom stereocenters. The van der Waals surface area contributed by atoms with Crippen molar-refractivity contribution in [2.24, 2.45) is 16.7 Å². The normalized spacial score (nSPS) is 30.1. The molecule has 27 heavy (non-hydrogen) atoms. The number of aliphatic hydroxyl groups is 2. The van der Waals surface area contributed by atoms with Gasteiger partial charge in [-0.15, -0.1) is 0 Å². The van der Waals surface area contributed by atoms with Crippen molar-refractivity contribution in [2.75, 3.05) is 26.3 Å². The molecule has 0 heterocycles. The van der Waals surface area contributed by atoms with Gasteiger partial charge in [-0.3, -0.25) is 4.90 Å². The fourth-order valence-corrected chi connectivity index (χ4v) is 5.34. The number of aliphatic hydroxyl groups excluding tert-OH is 2. The van der Waals surface area contributed by atoms with Crippen molar-refractivity contribution in [1.82, 2.24) is 4.90 Å². The zero-order chi connectivity index (χ0) is 19.5. The molecule has 2 N–H and O–H groups in total. The predicted octanol–water partition coefficient (Wildman–Crippen LogP) is 3.46. The molecule has 0 aromatic heterocycles. The Morgan fingerprint density at radius 3 is 2.56 bits per heavy atom. The highest BCUT2D eigenvalue weighted by molar-refractivity contribution is 5.14. The van der Waals surface area contributed by atoms with Gasteiger partial charge < -0.3 is 14.9 Å². The van der Waals surface area contributed by atoms with E-state index in [0.29, 0.717) is 37.6 Å². The highest BCUT2D eigenvalue weighted by atomic mass is 16.5. The van der Waals surface area contributed by atoms with Crippen LogP contribution in [0.1, 0.15) is 52.0 Å². The lowest BCUT2D eigenvalue weighted by molar-refractivity contribution is -0.0566. The summed E-state index contributed by atoms with van der Waals surface area (Å²) in [6.45, 7) is 9.80. The number of hydrogen-bond donors (Lipinski definition) is 2. The third-order valence-electron chi connectivity index (χ3n) is 7.62. The van der Waals surface area contributed by atoms with Crippen LogP contribution in [0.2, 0.25) is 0 Å². The second kappa shape index (κ2) is 8.60. The number of rotatable bonds is 10. The summed E-state index contributed by atoms with van der Waals surface area (Å²) in [5.41, 5.74) is 1.84. The van der Waals surface area contributed by atoms with Crippen LogP contribution in [0.5, 0.6) is 0 Å². The van der Waals surface area contributed by atoms with Crippen LogP contribution in [0.25, 0.3) is 0 Å². The van der Waals surface area contributed by atoms with Crippen LogP contribution in [0.3, 0.4) is 0 Å². The molecule has 1 aromatic carbocycles. The fraction of sp³-hybridized carbons (Fsp3) is 0.739. The zero-order valence-electron chi connectivity index (χ0n) is 17.2.